The number of halogens is 1. The molecule has 2 N–H and O–H groups in total. The number of benzene rings is 2. The standard InChI is InChI=1S/C19H21FN2O3/c1-11-7-12(2)18(13(3)8-11)22-17(23)10-21-19(24)15-9-14(20)5-6-16(15)25-4/h5-9H,10H2,1-4H3,(H,21,24)(H,22,23). The summed E-state index contributed by atoms with van der Waals surface area (Å²) in [5.74, 6) is -1.26. The van der Waals surface area contributed by atoms with Crippen LogP contribution in [0.4, 0.5) is 10.1 Å². The van der Waals surface area contributed by atoms with Gasteiger partial charge in [0.05, 0.1) is 19.2 Å². The minimum Gasteiger partial charge on any atom is -0.496 e. The normalized spacial score (nSPS) is 10.3. The van der Waals surface area contributed by atoms with Gasteiger partial charge in [0.2, 0.25) is 5.91 Å². The number of nitrogens with one attached hydrogen (secondary N) is 2. The van der Waals surface area contributed by atoms with Crippen LogP contribution in [0.15, 0.2) is 30.3 Å². The first-order chi connectivity index (χ1) is 11.8. The van der Waals surface area contributed by atoms with Crippen LogP contribution in [0.1, 0.15) is 27.0 Å². The SMILES string of the molecule is COc1ccc(F)cc1C(=O)NCC(=O)Nc1c(C)cc(C)cc1C. The number of hydrogen-bond donors (Lipinski definition) is 2. The molecule has 2 aromatic rings. The van der Waals surface area contributed by atoms with Gasteiger partial charge in [0, 0.05) is 5.69 Å². The van der Waals surface area contributed by atoms with Gasteiger partial charge in [0.25, 0.3) is 5.91 Å². The Balaban J connectivity index is 2.03. The van der Waals surface area contributed by atoms with E-state index in [4.69, 9.17) is 4.74 Å². The number of hydrogen-bond acceptors (Lipinski definition) is 3. The van der Waals surface area contributed by atoms with Crippen molar-refractivity contribution in [1.82, 2.24) is 5.32 Å². The molecule has 0 radical (unpaired) electrons. The van der Waals surface area contributed by atoms with E-state index >= 15 is 0 Å². The average Bonchev–Trinajstić information content (AvgIpc) is 2.55. The molecule has 0 unspecified atom stereocenters. The van der Waals surface area contributed by atoms with Crippen LogP contribution in [0, 0.1) is 26.6 Å². The van der Waals surface area contributed by atoms with Gasteiger partial charge in [-0.2, -0.15) is 0 Å². The van der Waals surface area contributed by atoms with Crippen LogP contribution in [-0.2, 0) is 4.79 Å². The quantitative estimate of drug-likeness (QED) is 0.876. The summed E-state index contributed by atoms with van der Waals surface area (Å²) >= 11 is 0. The fourth-order valence-electron chi connectivity index (χ4n) is 2.67. The van der Waals surface area contributed by atoms with Gasteiger partial charge in [-0.1, -0.05) is 17.7 Å². The number of aryl methyl sites for hydroxylation is 3. The van der Waals surface area contributed by atoms with Gasteiger partial charge >= 0.3 is 0 Å². The summed E-state index contributed by atoms with van der Waals surface area (Å²) in [6.45, 7) is 5.57. The summed E-state index contributed by atoms with van der Waals surface area (Å²) in [5, 5.41) is 5.27. The summed E-state index contributed by atoms with van der Waals surface area (Å²) in [7, 11) is 1.39. The highest BCUT2D eigenvalue weighted by Crippen LogP contribution is 2.22. The maximum absolute atomic E-state index is 13.3. The zero-order valence-electron chi connectivity index (χ0n) is 14.7. The molecule has 0 heterocycles. The molecule has 0 spiro atoms. The van der Waals surface area contributed by atoms with Crippen LogP contribution in [0.3, 0.4) is 0 Å². The monoisotopic (exact) mass is 344 g/mol. The van der Waals surface area contributed by atoms with E-state index in [1.54, 1.807) is 0 Å². The molecule has 6 heteroatoms. The number of anilines is 1. The van der Waals surface area contributed by atoms with Gasteiger partial charge in [0.1, 0.15) is 11.6 Å². The third-order valence-corrected chi connectivity index (χ3v) is 3.76. The molecule has 0 atom stereocenters. The molecule has 0 fully saturated rings. The van der Waals surface area contributed by atoms with Gasteiger partial charge in [-0.25, -0.2) is 4.39 Å². The van der Waals surface area contributed by atoms with E-state index in [0.29, 0.717) is 0 Å². The van der Waals surface area contributed by atoms with Crippen molar-refractivity contribution in [1.29, 1.82) is 0 Å². The molecular formula is C19H21FN2O3. The molecule has 0 aliphatic rings. The van der Waals surface area contributed by atoms with Gasteiger partial charge in [-0.3, -0.25) is 9.59 Å². The predicted molar refractivity (Wildman–Crippen MR) is 94.6 cm³/mol. The Hall–Kier alpha value is -2.89. The maximum atomic E-state index is 13.3. The maximum Gasteiger partial charge on any atom is 0.255 e. The van der Waals surface area contributed by atoms with Crippen molar-refractivity contribution in [3.8, 4) is 5.75 Å². The number of amides is 2. The molecule has 0 aromatic heterocycles. The van der Waals surface area contributed by atoms with E-state index in [1.807, 2.05) is 32.9 Å². The molecular weight excluding hydrogens is 323 g/mol. The molecule has 0 bridgehead atoms. The number of carbonyl (C=O) groups excluding carboxylic acids is 2. The van der Waals surface area contributed by atoms with E-state index in [2.05, 4.69) is 10.6 Å². The highest BCUT2D eigenvalue weighted by Gasteiger charge is 2.15. The molecule has 25 heavy (non-hydrogen) atoms. The molecule has 0 aliphatic carbocycles. The molecule has 0 saturated heterocycles. The molecule has 0 saturated carbocycles. The number of ether oxygens (including phenoxy) is 1. The first-order valence-corrected chi connectivity index (χ1v) is 7.81. The summed E-state index contributed by atoms with van der Waals surface area (Å²) in [6.07, 6.45) is 0. The molecule has 5 nitrogen and oxygen atoms in total. The van der Waals surface area contributed by atoms with Crippen LogP contribution in [0.2, 0.25) is 0 Å². The Morgan fingerprint density at radius 2 is 1.72 bits per heavy atom. The average molecular weight is 344 g/mol. The van der Waals surface area contributed by atoms with E-state index < -0.39 is 11.7 Å². The molecule has 0 aliphatic heterocycles. The second-order valence-electron chi connectivity index (χ2n) is 5.85. The lowest BCUT2D eigenvalue weighted by atomic mass is 10.1. The van der Waals surface area contributed by atoms with Crippen LogP contribution < -0.4 is 15.4 Å². The largest absolute Gasteiger partial charge is 0.496 e. The third kappa shape index (κ3) is 4.56. The van der Waals surface area contributed by atoms with Gasteiger partial charge in [-0.15, -0.1) is 0 Å². The lowest BCUT2D eigenvalue weighted by Crippen LogP contribution is -2.33. The van der Waals surface area contributed by atoms with E-state index in [0.717, 1.165) is 28.4 Å². The van der Waals surface area contributed by atoms with Crippen molar-refractivity contribution < 1.29 is 18.7 Å². The second-order valence-corrected chi connectivity index (χ2v) is 5.85. The van der Waals surface area contributed by atoms with Crippen LogP contribution in [-0.4, -0.2) is 25.5 Å². The van der Waals surface area contributed by atoms with Crippen molar-refractivity contribution in [2.75, 3.05) is 19.0 Å². The highest BCUT2D eigenvalue weighted by atomic mass is 19.1. The topological polar surface area (TPSA) is 67.4 Å². The summed E-state index contributed by atoms with van der Waals surface area (Å²) in [4.78, 5) is 24.3. The van der Waals surface area contributed by atoms with E-state index in [1.165, 1.54) is 19.2 Å². The van der Waals surface area contributed by atoms with Crippen LogP contribution in [0.5, 0.6) is 5.75 Å². The van der Waals surface area contributed by atoms with E-state index in [-0.39, 0.29) is 23.8 Å². The van der Waals surface area contributed by atoms with Crippen LogP contribution in [0.25, 0.3) is 0 Å². The number of methoxy groups -OCH3 is 1. The van der Waals surface area contributed by atoms with Gasteiger partial charge in [0.15, 0.2) is 0 Å². The van der Waals surface area contributed by atoms with Crippen molar-refractivity contribution in [3.05, 3.63) is 58.4 Å². The third-order valence-electron chi connectivity index (χ3n) is 3.76. The fourth-order valence-corrected chi connectivity index (χ4v) is 2.67. The summed E-state index contributed by atoms with van der Waals surface area (Å²) in [6, 6.07) is 7.58. The Morgan fingerprint density at radius 1 is 1.08 bits per heavy atom. The predicted octanol–water partition coefficient (Wildman–Crippen LogP) is 3.13. The van der Waals surface area contributed by atoms with Crippen molar-refractivity contribution >= 4 is 17.5 Å². The number of rotatable bonds is 5. The van der Waals surface area contributed by atoms with Gasteiger partial charge < -0.3 is 15.4 Å². The molecule has 2 rings (SSSR count). The molecule has 132 valence electrons. The lowest BCUT2D eigenvalue weighted by molar-refractivity contribution is -0.115. The smallest absolute Gasteiger partial charge is 0.255 e. The number of carbonyl (C=O) groups is 2. The zero-order valence-corrected chi connectivity index (χ0v) is 14.7. The zero-order chi connectivity index (χ0) is 18.6. The minimum absolute atomic E-state index is 0.0398. The highest BCUT2D eigenvalue weighted by molar-refractivity contribution is 6.01. The van der Waals surface area contributed by atoms with Gasteiger partial charge in [-0.05, 0) is 50.1 Å². The van der Waals surface area contributed by atoms with Crippen molar-refractivity contribution in [2.24, 2.45) is 0 Å². The Labute approximate surface area is 146 Å². The van der Waals surface area contributed by atoms with Crippen molar-refractivity contribution in [3.63, 3.8) is 0 Å². The first-order valence-electron chi connectivity index (χ1n) is 7.81. The van der Waals surface area contributed by atoms with Crippen molar-refractivity contribution in [2.45, 2.75) is 20.8 Å². The summed E-state index contributed by atoms with van der Waals surface area (Å²) < 4.78 is 18.4. The fraction of sp³-hybridized carbons (Fsp3) is 0.263. The second kappa shape index (κ2) is 7.79. The lowest BCUT2D eigenvalue weighted by Gasteiger charge is -2.13. The Morgan fingerprint density at radius 3 is 2.32 bits per heavy atom. The molecule has 2 aromatic carbocycles. The van der Waals surface area contributed by atoms with Crippen LogP contribution >= 0.6 is 0 Å². The summed E-state index contributed by atoms with van der Waals surface area (Å²) in [5.41, 5.74) is 3.78. The first kappa shape index (κ1) is 18.4. The Bertz CT molecular complexity index is 795. The molecule has 2 amide bonds. The Kier molecular flexibility index (Phi) is 5.75. The minimum atomic E-state index is -0.580. The van der Waals surface area contributed by atoms with E-state index in [9.17, 15) is 14.0 Å².